The van der Waals surface area contributed by atoms with Gasteiger partial charge in [-0.15, -0.1) is 0 Å². The molecule has 2 fully saturated rings. The molecule has 12 heavy (non-hydrogen) atoms. The van der Waals surface area contributed by atoms with Crippen LogP contribution < -0.4 is 11.1 Å². The first-order chi connectivity index (χ1) is 5.74. The summed E-state index contributed by atoms with van der Waals surface area (Å²) in [7, 11) is 0. The number of aliphatic hydroxyl groups is 1. The Kier molecular flexibility index (Phi) is 1.92. The molecule has 0 heterocycles. The number of nitrogens with one attached hydrogen (secondary N) is 1. The van der Waals surface area contributed by atoms with Crippen molar-refractivity contribution in [3.05, 3.63) is 0 Å². The van der Waals surface area contributed by atoms with Gasteiger partial charge in [0.15, 0.2) is 5.96 Å². The third kappa shape index (κ3) is 1.88. The van der Waals surface area contributed by atoms with Gasteiger partial charge in [-0.1, -0.05) is 0 Å². The van der Waals surface area contributed by atoms with Crippen LogP contribution in [-0.2, 0) is 0 Å². The number of nitrogens with zero attached hydrogens (tertiary/aromatic N) is 1. The maximum absolute atomic E-state index is 9.00. The van der Waals surface area contributed by atoms with Crippen LogP contribution in [-0.4, -0.2) is 29.3 Å². The topological polar surface area (TPSA) is 70.6 Å². The molecule has 0 radical (unpaired) electrons. The highest BCUT2D eigenvalue weighted by Gasteiger charge is 2.28. The summed E-state index contributed by atoms with van der Waals surface area (Å²) in [6.07, 6.45) is 3.84. The maximum Gasteiger partial charge on any atom is 0.189 e. The average Bonchev–Trinajstić information content (AvgIpc) is 2.68. The van der Waals surface area contributed by atoms with Gasteiger partial charge in [-0.25, -0.2) is 0 Å². The van der Waals surface area contributed by atoms with E-state index in [-0.39, 0.29) is 6.10 Å². The maximum atomic E-state index is 9.00. The van der Waals surface area contributed by atoms with E-state index in [0.29, 0.717) is 18.0 Å². The second kappa shape index (κ2) is 2.94. The Balaban J connectivity index is 1.71. The Labute approximate surface area is 71.9 Å². The van der Waals surface area contributed by atoms with E-state index in [2.05, 4.69) is 10.3 Å². The number of hydrogen-bond donors (Lipinski definition) is 3. The summed E-state index contributed by atoms with van der Waals surface area (Å²) in [6, 6.07) is 0.824. The molecule has 0 aromatic heterocycles. The first-order valence-corrected chi connectivity index (χ1v) is 4.52. The summed E-state index contributed by atoms with van der Waals surface area (Å²) in [5.41, 5.74) is 5.63. The molecule has 0 spiro atoms. The van der Waals surface area contributed by atoms with Crippen LogP contribution in [0.2, 0.25) is 0 Å². The fraction of sp³-hybridized carbons (Fsp3) is 0.875. The van der Waals surface area contributed by atoms with Gasteiger partial charge in [-0.2, -0.15) is 0 Å². The van der Waals surface area contributed by atoms with E-state index in [0.717, 1.165) is 12.8 Å². The molecule has 0 saturated heterocycles. The van der Waals surface area contributed by atoms with Gasteiger partial charge in [0.25, 0.3) is 0 Å². The lowest BCUT2D eigenvalue weighted by molar-refractivity contribution is 0.0697. The van der Waals surface area contributed by atoms with E-state index in [1.165, 1.54) is 12.8 Å². The lowest BCUT2D eigenvalue weighted by Crippen LogP contribution is -2.49. The number of hydrogen-bond acceptors (Lipinski definition) is 2. The minimum Gasteiger partial charge on any atom is -0.393 e. The molecule has 2 saturated carbocycles. The van der Waals surface area contributed by atoms with Crippen LogP contribution in [0.5, 0.6) is 0 Å². The molecule has 68 valence electrons. The van der Waals surface area contributed by atoms with Gasteiger partial charge in [0, 0.05) is 6.04 Å². The highest BCUT2D eigenvalue weighted by molar-refractivity contribution is 5.78. The second-order valence-electron chi connectivity index (χ2n) is 3.71. The minimum atomic E-state index is -0.128. The van der Waals surface area contributed by atoms with E-state index >= 15 is 0 Å². The Morgan fingerprint density at radius 1 is 1.42 bits per heavy atom. The number of aliphatic imine (C=N–C) groups is 1. The van der Waals surface area contributed by atoms with Crippen LogP contribution in [0.3, 0.4) is 0 Å². The van der Waals surface area contributed by atoms with Crippen LogP contribution in [0.15, 0.2) is 4.99 Å². The van der Waals surface area contributed by atoms with Gasteiger partial charge in [-0.05, 0) is 25.7 Å². The molecule has 0 unspecified atom stereocenters. The molecule has 0 bridgehead atoms. The van der Waals surface area contributed by atoms with Crippen LogP contribution in [0.1, 0.15) is 25.7 Å². The van der Waals surface area contributed by atoms with Crippen molar-refractivity contribution >= 4 is 5.96 Å². The first-order valence-electron chi connectivity index (χ1n) is 4.52. The Morgan fingerprint density at radius 3 is 2.58 bits per heavy atom. The number of guanidine groups is 1. The van der Waals surface area contributed by atoms with Gasteiger partial charge >= 0.3 is 0 Å². The Hall–Kier alpha value is -0.770. The van der Waals surface area contributed by atoms with Crippen molar-refractivity contribution in [3.8, 4) is 0 Å². The van der Waals surface area contributed by atoms with Crippen LogP contribution in [0.4, 0.5) is 0 Å². The summed E-state index contributed by atoms with van der Waals surface area (Å²) < 4.78 is 0. The van der Waals surface area contributed by atoms with Crippen molar-refractivity contribution in [1.82, 2.24) is 5.32 Å². The smallest absolute Gasteiger partial charge is 0.189 e. The fourth-order valence-electron chi connectivity index (χ4n) is 1.35. The summed E-state index contributed by atoms with van der Waals surface area (Å²) in [4.78, 5) is 4.24. The largest absolute Gasteiger partial charge is 0.393 e. The van der Waals surface area contributed by atoms with Crippen molar-refractivity contribution in [2.45, 2.75) is 43.9 Å². The molecule has 2 aliphatic rings. The van der Waals surface area contributed by atoms with Crippen LogP contribution in [0.25, 0.3) is 0 Å². The molecule has 0 aromatic rings. The monoisotopic (exact) mass is 169 g/mol. The highest BCUT2D eigenvalue weighted by Crippen LogP contribution is 2.23. The minimum absolute atomic E-state index is 0.128. The van der Waals surface area contributed by atoms with E-state index in [9.17, 15) is 0 Å². The summed E-state index contributed by atoms with van der Waals surface area (Å²) in [6.45, 7) is 0. The molecule has 0 atom stereocenters. The molecular formula is C8H15N3O. The van der Waals surface area contributed by atoms with E-state index in [4.69, 9.17) is 10.8 Å². The molecule has 0 aliphatic heterocycles. The van der Waals surface area contributed by atoms with Crippen molar-refractivity contribution in [2.24, 2.45) is 10.7 Å². The first kappa shape index (κ1) is 7.86. The standard InChI is InChI=1S/C8H15N3O/c9-8(10-5-1-2-5)11-6-3-7(12)4-6/h5-7,12H,1-4H2,(H3,9,10,11). The Morgan fingerprint density at radius 2 is 2.08 bits per heavy atom. The predicted octanol–water partition coefficient (Wildman–Crippen LogP) is -0.424. The Bertz CT molecular complexity index is 194. The number of rotatable bonds is 2. The molecule has 2 aliphatic carbocycles. The predicted molar refractivity (Wildman–Crippen MR) is 46.8 cm³/mol. The van der Waals surface area contributed by atoms with Crippen LogP contribution >= 0.6 is 0 Å². The second-order valence-corrected chi connectivity index (χ2v) is 3.71. The van der Waals surface area contributed by atoms with Crippen molar-refractivity contribution < 1.29 is 5.11 Å². The molecular weight excluding hydrogens is 154 g/mol. The average molecular weight is 169 g/mol. The lowest BCUT2D eigenvalue weighted by Gasteiger charge is -2.32. The zero-order valence-electron chi connectivity index (χ0n) is 7.03. The quantitative estimate of drug-likeness (QED) is 0.388. The molecule has 2 rings (SSSR count). The normalized spacial score (nSPS) is 35.9. The van der Waals surface area contributed by atoms with E-state index in [1.807, 2.05) is 0 Å². The van der Waals surface area contributed by atoms with Crippen LogP contribution in [0, 0.1) is 0 Å². The fourth-order valence-corrected chi connectivity index (χ4v) is 1.35. The number of aliphatic hydroxyl groups excluding tert-OH is 1. The molecule has 0 amide bonds. The van der Waals surface area contributed by atoms with Gasteiger partial charge in [0.2, 0.25) is 0 Å². The SMILES string of the molecule is NC(=NC1CC1)NC1CC(O)C1. The van der Waals surface area contributed by atoms with Gasteiger partial charge in [-0.3, -0.25) is 4.99 Å². The number of nitrogens with two attached hydrogens (primary N) is 1. The molecule has 0 aromatic carbocycles. The third-order valence-corrected chi connectivity index (χ3v) is 2.33. The highest BCUT2D eigenvalue weighted by atomic mass is 16.3. The van der Waals surface area contributed by atoms with Gasteiger partial charge in [0.1, 0.15) is 0 Å². The molecule has 4 nitrogen and oxygen atoms in total. The third-order valence-electron chi connectivity index (χ3n) is 2.33. The van der Waals surface area contributed by atoms with E-state index < -0.39 is 0 Å². The molecule has 4 N–H and O–H groups in total. The lowest BCUT2D eigenvalue weighted by atomic mass is 9.90. The van der Waals surface area contributed by atoms with Crippen molar-refractivity contribution in [1.29, 1.82) is 0 Å². The zero-order chi connectivity index (χ0) is 8.55. The summed E-state index contributed by atoms with van der Waals surface area (Å²) in [5.74, 6) is 0.550. The summed E-state index contributed by atoms with van der Waals surface area (Å²) >= 11 is 0. The molecule has 4 heteroatoms. The van der Waals surface area contributed by atoms with Crippen molar-refractivity contribution in [2.75, 3.05) is 0 Å². The zero-order valence-corrected chi connectivity index (χ0v) is 7.03. The van der Waals surface area contributed by atoms with E-state index in [1.54, 1.807) is 0 Å². The summed E-state index contributed by atoms with van der Waals surface area (Å²) in [5, 5.41) is 12.1. The van der Waals surface area contributed by atoms with Crippen molar-refractivity contribution in [3.63, 3.8) is 0 Å². The van der Waals surface area contributed by atoms with Gasteiger partial charge < -0.3 is 16.2 Å². The van der Waals surface area contributed by atoms with Gasteiger partial charge in [0.05, 0.1) is 12.1 Å².